The zero-order chi connectivity index (χ0) is 105. The van der Waals surface area contributed by atoms with Gasteiger partial charge in [-0.05, 0) is 147 Å². The van der Waals surface area contributed by atoms with Gasteiger partial charge in [-0.2, -0.15) is 30.8 Å². The summed E-state index contributed by atoms with van der Waals surface area (Å²) in [5.74, 6) is 2.59. The van der Waals surface area contributed by atoms with Crippen molar-refractivity contribution in [2.24, 2.45) is 5.41 Å². The third-order valence-corrected chi connectivity index (χ3v) is 26.0. The third-order valence-electron chi connectivity index (χ3n) is 25.1. The molecule has 2 fully saturated rings. The second kappa shape index (κ2) is 49.8. The zero-order valence-electron chi connectivity index (χ0n) is 83.8. The van der Waals surface area contributed by atoms with Crippen LogP contribution in [0.3, 0.4) is 0 Å². The van der Waals surface area contributed by atoms with Crippen LogP contribution in [0.5, 0.6) is 28.7 Å². The fourth-order valence-corrected chi connectivity index (χ4v) is 16.9. The predicted molar refractivity (Wildman–Crippen MR) is 564 cm³/mol. The summed E-state index contributed by atoms with van der Waals surface area (Å²) < 4.78 is 33.4. The maximum absolute atomic E-state index is 12.8. The van der Waals surface area contributed by atoms with Gasteiger partial charge in [0.25, 0.3) is 29.5 Å². The Balaban J connectivity index is 0.000000153. The van der Waals surface area contributed by atoms with Crippen molar-refractivity contribution in [3.63, 3.8) is 0 Å². The number of amides is 5. The van der Waals surface area contributed by atoms with Crippen LogP contribution in [0, 0.1) is 16.7 Å². The van der Waals surface area contributed by atoms with E-state index in [1.807, 2.05) is 209 Å². The Morgan fingerprint density at radius 1 is 0.411 bits per heavy atom. The second-order valence-electron chi connectivity index (χ2n) is 36.0. The van der Waals surface area contributed by atoms with Crippen LogP contribution in [0.25, 0.3) is 28.2 Å². The maximum atomic E-state index is 12.8. The molecule has 5 aromatic carbocycles. The van der Waals surface area contributed by atoms with Crippen molar-refractivity contribution in [2.75, 3.05) is 115 Å². The Labute approximate surface area is 870 Å². The van der Waals surface area contributed by atoms with E-state index in [4.69, 9.17) is 81.7 Å². The van der Waals surface area contributed by atoms with E-state index in [0.717, 1.165) is 124 Å². The van der Waals surface area contributed by atoms with Gasteiger partial charge < -0.3 is 85.0 Å². The maximum Gasteiger partial charge on any atom is 0.272 e. The van der Waals surface area contributed by atoms with Crippen molar-refractivity contribution in [1.82, 2.24) is 99.6 Å². The largest absolute Gasteiger partial charge is 0.497 e. The quantitative estimate of drug-likeness (QED) is 0.0194. The van der Waals surface area contributed by atoms with Crippen molar-refractivity contribution in [2.45, 2.75) is 149 Å². The van der Waals surface area contributed by atoms with Gasteiger partial charge in [0.15, 0.2) is 82.5 Å². The van der Waals surface area contributed by atoms with Crippen LogP contribution >= 0.6 is 58.0 Å². The van der Waals surface area contributed by atoms with Gasteiger partial charge in [0.1, 0.15) is 34.3 Å². The molecule has 0 saturated heterocycles. The van der Waals surface area contributed by atoms with Gasteiger partial charge in [-0.15, -0.1) is 0 Å². The summed E-state index contributed by atoms with van der Waals surface area (Å²) in [7, 11) is 17.9. The van der Waals surface area contributed by atoms with E-state index in [1.54, 1.807) is 79.0 Å². The van der Waals surface area contributed by atoms with E-state index in [2.05, 4.69) is 83.1 Å². The Hall–Kier alpha value is -14.6. The molecule has 2 aliphatic rings. The second-order valence-corrected chi connectivity index (χ2v) is 37.9. The zero-order valence-corrected chi connectivity index (χ0v) is 87.6. The van der Waals surface area contributed by atoms with E-state index in [9.17, 15) is 39.4 Å². The number of carbonyl (C=O) groups is 5. The number of nitriles is 1. The number of ether oxygens (including phenoxy) is 5. The van der Waals surface area contributed by atoms with Crippen molar-refractivity contribution in [1.29, 1.82) is 5.26 Å². The molecule has 15 aromatic rings. The number of halogens is 5. The van der Waals surface area contributed by atoms with Crippen LogP contribution in [0.1, 0.15) is 173 Å². The number of rotatable bonds is 35. The van der Waals surface area contributed by atoms with Crippen LogP contribution in [-0.2, 0) is 32.7 Å². The Morgan fingerprint density at radius 3 is 0.884 bits per heavy atom. The number of hydrogen-bond donors (Lipinski definition) is 7. The Kier molecular flexibility index (Phi) is 37.1. The number of hydrogen-bond acceptors (Lipinski definition) is 28. The van der Waals surface area contributed by atoms with Gasteiger partial charge in [0.05, 0.1) is 114 Å². The minimum absolute atomic E-state index is 0.0643. The minimum Gasteiger partial charge on any atom is -0.497 e. The number of aromatic nitrogens is 15. The number of imidazole rings is 5. The highest BCUT2D eigenvalue weighted by Crippen LogP contribution is 2.36. The fourth-order valence-electron chi connectivity index (χ4n) is 16.0. The molecule has 0 spiro atoms. The highest BCUT2D eigenvalue weighted by Gasteiger charge is 2.40. The van der Waals surface area contributed by atoms with Gasteiger partial charge in [0.2, 0.25) is 0 Å². The molecule has 5 amide bonds. The first-order valence-corrected chi connectivity index (χ1v) is 49.1. The van der Waals surface area contributed by atoms with Crippen molar-refractivity contribution < 1.29 is 57.9 Å². The molecule has 0 radical (unpaired) electrons. The van der Waals surface area contributed by atoms with Crippen LogP contribution in [0.15, 0.2) is 183 Å². The van der Waals surface area contributed by atoms with Crippen LogP contribution in [-0.4, -0.2) is 227 Å². The molecule has 17 rings (SSSR count). The Bertz CT molecular complexity index is 6910. The minimum atomic E-state index is -0.828. The number of nitrogens with zero attached hydrogens (tertiary/aromatic N) is 21. The number of benzene rings is 5. The number of aliphatic hydroxyl groups excluding tert-OH is 2. The standard InChI is InChI=1S/C21H21ClN6O2.C21H26ClN5O4.C21H24ClN5O2.2C20H24ClN5O2/c1-27(12-14-4-6-15(30-2)7-5-14)16-10-18(22)26-28-17(11-24-19(16)28)20(29)25-21(13-23)8-3-9-21;1-21(12-28,13-29)11-24-20(30)17-9-23-19-16(8-18(22)25-27(17)19)26(2)10-14-4-6-15(31-3)7-5-14;1-26(13-14-7-9-16(29-2)10-8-14)17-11-19(22)25-27-18(12-23-20(17)27)21(28)24-15-5-3-4-6-15;2*1-5-13(2)23-20(27)17-11-22-19-16(10-18(21)24-26(17)19)25(3)12-14-6-8-15(28-4)9-7-14/h4-7,10-11H,3,8-9,12H2,1-2H3,(H,25,29);4-9,28-29H,10-13H2,1-3H3,(H,24,30);7-12,15H,3-6,13H2,1-2H3,(H,24,28);2*6-11,13H,5,12H2,1-4H3,(H,23,27)/t;;;2*13-/m...10/s1. The van der Waals surface area contributed by atoms with Crippen molar-refractivity contribution in [3.05, 3.63) is 265 Å². The molecular formula is C103H119Cl5N26O12. The first-order valence-electron chi connectivity index (χ1n) is 47.2. The van der Waals surface area contributed by atoms with E-state index in [1.165, 1.54) is 47.4 Å². The average Bonchev–Trinajstić information content (AvgIpc) is 1.76. The summed E-state index contributed by atoms with van der Waals surface area (Å²) in [6.07, 6.45) is 15.8. The molecule has 0 bridgehead atoms. The molecule has 10 aromatic heterocycles. The van der Waals surface area contributed by atoms with E-state index < -0.39 is 16.9 Å². The summed E-state index contributed by atoms with van der Waals surface area (Å²) in [5.41, 5.74) is 12.0. The van der Waals surface area contributed by atoms with Gasteiger partial charge in [-0.3, -0.25) is 24.0 Å². The lowest BCUT2D eigenvalue weighted by molar-refractivity contribution is 0.0643. The fraction of sp³-hybridized carbons (Fsp3) is 0.359. The normalized spacial score (nSPS) is 12.9. The van der Waals surface area contributed by atoms with E-state index in [0.29, 0.717) is 112 Å². The molecule has 2 saturated carbocycles. The first-order chi connectivity index (χ1) is 70.1. The molecule has 146 heavy (non-hydrogen) atoms. The van der Waals surface area contributed by atoms with Crippen LogP contribution in [0.4, 0.5) is 28.4 Å². The van der Waals surface area contributed by atoms with Crippen LogP contribution < -0.4 is 74.8 Å². The molecule has 38 nitrogen and oxygen atoms in total. The van der Waals surface area contributed by atoms with Crippen LogP contribution in [0.2, 0.25) is 25.8 Å². The first kappa shape index (κ1) is 109. The van der Waals surface area contributed by atoms with E-state index >= 15 is 0 Å². The lowest BCUT2D eigenvalue weighted by Crippen LogP contribution is -2.52. The van der Waals surface area contributed by atoms with Gasteiger partial charge >= 0.3 is 0 Å². The number of methoxy groups -OCH3 is 5. The van der Waals surface area contributed by atoms with Crippen molar-refractivity contribution in [3.8, 4) is 34.8 Å². The molecule has 2 aliphatic carbocycles. The molecule has 7 N–H and O–H groups in total. The highest BCUT2D eigenvalue weighted by atomic mass is 35.5. The topological polar surface area (TPSA) is 423 Å². The number of nitrogens with one attached hydrogen (secondary N) is 5. The summed E-state index contributed by atoms with van der Waals surface area (Å²) in [5, 5.41) is 65.4. The lowest BCUT2D eigenvalue weighted by Gasteiger charge is -2.35. The van der Waals surface area contributed by atoms with Crippen molar-refractivity contribution >= 4 is 144 Å². The van der Waals surface area contributed by atoms with Gasteiger partial charge in [0, 0.05) is 128 Å². The summed E-state index contributed by atoms with van der Waals surface area (Å²) in [6.45, 7) is 12.3. The Morgan fingerprint density at radius 2 is 0.658 bits per heavy atom. The van der Waals surface area contributed by atoms with E-state index in [-0.39, 0.29) is 83.2 Å². The third kappa shape index (κ3) is 26.9. The van der Waals surface area contributed by atoms with Gasteiger partial charge in [-0.1, -0.05) is 152 Å². The summed E-state index contributed by atoms with van der Waals surface area (Å²) in [4.78, 5) is 95.5. The molecule has 0 unspecified atom stereocenters. The summed E-state index contributed by atoms with van der Waals surface area (Å²) >= 11 is 31.3. The predicted octanol–water partition coefficient (Wildman–Crippen LogP) is 15.8. The number of fused-ring (bicyclic) bond motifs is 5. The lowest BCUT2D eigenvalue weighted by atomic mass is 9.78. The molecule has 10 heterocycles. The average molecular weight is 2090 g/mol. The number of aliphatic hydroxyl groups is 2. The molecule has 0 aliphatic heterocycles. The molecule has 43 heteroatoms. The monoisotopic (exact) mass is 2090 g/mol. The highest BCUT2D eigenvalue weighted by molar-refractivity contribution is 6.31. The smallest absolute Gasteiger partial charge is 0.272 e. The molecule has 2 atom stereocenters. The summed E-state index contributed by atoms with van der Waals surface area (Å²) in [6, 6.07) is 50.4. The number of carbonyl (C=O) groups excluding carboxylic acids is 5. The number of anilines is 5. The SMILES string of the molecule is CC[C@@H](C)NC(=O)c1cnc2c(N(C)Cc3ccc(OC)cc3)cc(Cl)nn12.CC[C@H](C)NC(=O)c1cnc2c(N(C)Cc3ccc(OC)cc3)cc(Cl)nn12.COc1ccc(CN(C)c2cc(Cl)nn3c(C(=O)NC4(C#N)CCC4)cnc23)cc1.COc1ccc(CN(C)c2cc(Cl)nn3c(C(=O)NC4CCCC4)cnc23)cc1.COc1ccc(CN(C)c2cc(Cl)nn3c(C(=O)NCC(C)(CO)CO)cnc23)cc1. The van der Waals surface area contributed by atoms with Gasteiger partial charge in [-0.25, -0.2) is 47.5 Å². The molecule has 768 valence electrons. The molecular weight excluding hydrogens is 1970 g/mol.